The molecule has 0 unspecified atom stereocenters. The second kappa shape index (κ2) is 7.98. The average Bonchev–Trinajstić information content (AvgIpc) is 3.13. The van der Waals surface area contributed by atoms with Crippen LogP contribution in [0, 0.1) is 0 Å². The van der Waals surface area contributed by atoms with E-state index in [1.165, 1.54) is 0 Å². The van der Waals surface area contributed by atoms with Crippen molar-refractivity contribution in [2.45, 2.75) is 37.4 Å². The molecule has 4 rings (SSSR count). The van der Waals surface area contributed by atoms with E-state index in [2.05, 4.69) is 22.3 Å². The molecule has 1 N–H and O–H groups in total. The number of rotatable bonds is 6. The summed E-state index contributed by atoms with van der Waals surface area (Å²) < 4.78 is 18.3. The zero-order chi connectivity index (χ0) is 20.5. The highest BCUT2D eigenvalue weighted by molar-refractivity contribution is 7.99. The minimum absolute atomic E-state index is 0.128. The molecule has 0 bridgehead atoms. The Bertz CT molecular complexity index is 960. The van der Waals surface area contributed by atoms with E-state index in [1.54, 1.807) is 37.8 Å². The first-order valence-electron chi connectivity index (χ1n) is 9.53. The third-order valence-corrected chi connectivity index (χ3v) is 5.84. The first-order chi connectivity index (χ1) is 14.1. The van der Waals surface area contributed by atoms with Gasteiger partial charge in [-0.15, -0.1) is 5.10 Å². The molecule has 0 radical (unpaired) electrons. The van der Waals surface area contributed by atoms with Crippen LogP contribution in [-0.2, 0) is 4.79 Å². The molecule has 8 nitrogen and oxygen atoms in total. The maximum atomic E-state index is 12.9. The van der Waals surface area contributed by atoms with Crippen LogP contribution in [0.25, 0.3) is 0 Å². The number of nitrogens with zero attached hydrogens (tertiary/aromatic N) is 3. The van der Waals surface area contributed by atoms with E-state index in [4.69, 9.17) is 14.2 Å². The second-order valence-electron chi connectivity index (χ2n) is 6.75. The smallest absolute Gasteiger partial charge is 0.227 e. The molecule has 1 aliphatic carbocycles. The SMILES string of the molecule is CCSc1nc2n(n1)[C@@H](c1cc(OC)c(OC)c(OC)c1)C1=C(CCCC1=O)N2. The number of Topliss-reactive ketones (excluding diaryl/α,β-unsaturated/α-hetero) is 1. The van der Waals surface area contributed by atoms with Crippen LogP contribution in [0.4, 0.5) is 5.95 Å². The van der Waals surface area contributed by atoms with Gasteiger partial charge in [-0.2, -0.15) is 4.98 Å². The Labute approximate surface area is 173 Å². The van der Waals surface area contributed by atoms with Crippen LogP contribution in [-0.4, -0.2) is 47.6 Å². The molecule has 2 aliphatic rings. The molecule has 1 aromatic carbocycles. The van der Waals surface area contributed by atoms with Crippen LogP contribution in [0.3, 0.4) is 0 Å². The highest BCUT2D eigenvalue weighted by atomic mass is 32.2. The van der Waals surface area contributed by atoms with E-state index < -0.39 is 6.04 Å². The van der Waals surface area contributed by atoms with E-state index in [1.807, 2.05) is 12.1 Å². The molecule has 2 heterocycles. The fourth-order valence-electron chi connectivity index (χ4n) is 3.89. The van der Waals surface area contributed by atoms with E-state index in [9.17, 15) is 4.79 Å². The molecule has 0 amide bonds. The lowest BCUT2D eigenvalue weighted by Gasteiger charge is -2.32. The zero-order valence-electron chi connectivity index (χ0n) is 16.9. The third kappa shape index (κ3) is 3.33. The number of ether oxygens (including phenoxy) is 3. The minimum Gasteiger partial charge on any atom is -0.493 e. The Morgan fingerprint density at radius 3 is 2.52 bits per heavy atom. The zero-order valence-corrected chi connectivity index (χ0v) is 17.8. The van der Waals surface area contributed by atoms with Gasteiger partial charge < -0.3 is 19.5 Å². The number of nitrogens with one attached hydrogen (secondary N) is 1. The Kier molecular flexibility index (Phi) is 5.40. The third-order valence-electron chi connectivity index (χ3n) is 5.12. The number of methoxy groups -OCH3 is 3. The van der Waals surface area contributed by atoms with Gasteiger partial charge in [0.25, 0.3) is 0 Å². The maximum Gasteiger partial charge on any atom is 0.227 e. The van der Waals surface area contributed by atoms with Crippen molar-refractivity contribution >= 4 is 23.5 Å². The second-order valence-corrected chi connectivity index (χ2v) is 7.98. The van der Waals surface area contributed by atoms with Crippen LogP contribution < -0.4 is 19.5 Å². The molecule has 154 valence electrons. The van der Waals surface area contributed by atoms with Gasteiger partial charge in [0, 0.05) is 17.7 Å². The highest BCUT2D eigenvalue weighted by Gasteiger charge is 2.37. The molecule has 0 saturated carbocycles. The number of benzene rings is 1. The van der Waals surface area contributed by atoms with Gasteiger partial charge in [0.2, 0.25) is 16.9 Å². The Morgan fingerprint density at radius 1 is 1.17 bits per heavy atom. The molecule has 1 aliphatic heterocycles. The summed E-state index contributed by atoms with van der Waals surface area (Å²) in [4.78, 5) is 17.6. The predicted molar refractivity (Wildman–Crippen MR) is 110 cm³/mol. The summed E-state index contributed by atoms with van der Waals surface area (Å²) in [6, 6.07) is 3.35. The number of ketones is 1. The Morgan fingerprint density at radius 2 is 1.90 bits per heavy atom. The average molecular weight is 417 g/mol. The van der Waals surface area contributed by atoms with Crippen molar-refractivity contribution < 1.29 is 19.0 Å². The Hall–Kier alpha value is -2.68. The first kappa shape index (κ1) is 19.6. The van der Waals surface area contributed by atoms with Crippen molar-refractivity contribution in [2.75, 3.05) is 32.4 Å². The largest absolute Gasteiger partial charge is 0.493 e. The first-order valence-corrected chi connectivity index (χ1v) is 10.5. The number of carbonyl (C=O) groups excluding carboxylic acids is 1. The summed E-state index contributed by atoms with van der Waals surface area (Å²) in [5.74, 6) is 3.23. The van der Waals surface area contributed by atoms with Gasteiger partial charge in [-0.25, -0.2) is 4.68 Å². The number of aromatic nitrogens is 3. The molecular weight excluding hydrogens is 392 g/mol. The number of allylic oxidation sites excluding steroid dienone is 2. The summed E-state index contributed by atoms with van der Waals surface area (Å²) >= 11 is 1.57. The summed E-state index contributed by atoms with van der Waals surface area (Å²) in [7, 11) is 4.73. The molecule has 29 heavy (non-hydrogen) atoms. The van der Waals surface area contributed by atoms with Crippen molar-refractivity contribution in [3.05, 3.63) is 29.0 Å². The van der Waals surface area contributed by atoms with Gasteiger partial charge in [-0.3, -0.25) is 4.79 Å². The van der Waals surface area contributed by atoms with Crippen molar-refractivity contribution in [1.82, 2.24) is 14.8 Å². The normalized spacial score (nSPS) is 18.1. The van der Waals surface area contributed by atoms with Crippen molar-refractivity contribution in [1.29, 1.82) is 0 Å². The molecule has 0 saturated heterocycles. The van der Waals surface area contributed by atoms with Gasteiger partial charge in [0.05, 0.1) is 21.3 Å². The van der Waals surface area contributed by atoms with Gasteiger partial charge >= 0.3 is 0 Å². The van der Waals surface area contributed by atoms with Crippen LogP contribution in [0.15, 0.2) is 28.6 Å². The number of fused-ring (bicyclic) bond motifs is 1. The van der Waals surface area contributed by atoms with Gasteiger partial charge in [0.15, 0.2) is 17.3 Å². The summed E-state index contributed by atoms with van der Waals surface area (Å²) in [5, 5.41) is 8.70. The van der Waals surface area contributed by atoms with E-state index in [0.29, 0.717) is 34.8 Å². The van der Waals surface area contributed by atoms with Gasteiger partial charge in [0.1, 0.15) is 6.04 Å². The lowest BCUT2D eigenvalue weighted by molar-refractivity contribution is -0.116. The quantitative estimate of drug-likeness (QED) is 0.717. The van der Waals surface area contributed by atoms with Gasteiger partial charge in [-0.1, -0.05) is 18.7 Å². The molecule has 9 heteroatoms. The number of carbonyl (C=O) groups is 1. The molecule has 0 fully saturated rings. The molecule has 1 atom stereocenters. The number of anilines is 1. The lowest BCUT2D eigenvalue weighted by Crippen LogP contribution is -2.31. The monoisotopic (exact) mass is 416 g/mol. The van der Waals surface area contributed by atoms with Crippen molar-refractivity contribution in [3.8, 4) is 17.2 Å². The summed E-state index contributed by atoms with van der Waals surface area (Å²) in [6.07, 6.45) is 2.17. The maximum absolute atomic E-state index is 12.9. The van der Waals surface area contributed by atoms with Gasteiger partial charge in [-0.05, 0) is 36.3 Å². The molecule has 0 spiro atoms. The van der Waals surface area contributed by atoms with Crippen molar-refractivity contribution in [2.24, 2.45) is 0 Å². The van der Waals surface area contributed by atoms with Crippen LogP contribution in [0.5, 0.6) is 17.2 Å². The molecule has 2 aromatic rings. The highest BCUT2D eigenvalue weighted by Crippen LogP contribution is 2.45. The van der Waals surface area contributed by atoms with E-state index >= 15 is 0 Å². The Balaban J connectivity index is 1.92. The summed E-state index contributed by atoms with van der Waals surface area (Å²) in [5.41, 5.74) is 2.49. The van der Waals surface area contributed by atoms with E-state index in [0.717, 1.165) is 35.4 Å². The molecular formula is C20H24N4O4S. The number of thioether (sulfide) groups is 1. The topological polar surface area (TPSA) is 87.5 Å². The number of hydrogen-bond donors (Lipinski definition) is 1. The fraction of sp³-hybridized carbons (Fsp3) is 0.450. The standard InChI is InChI=1S/C20H24N4O4S/c1-5-29-20-22-19-21-12-7-6-8-13(25)16(12)17(24(19)23-20)11-9-14(26-2)18(28-4)15(10-11)27-3/h9-10,17H,5-8H2,1-4H3,(H,21,22,23)/t17-/m0/s1. The fourth-order valence-corrected chi connectivity index (χ4v) is 4.45. The summed E-state index contributed by atoms with van der Waals surface area (Å²) in [6.45, 7) is 2.06. The lowest BCUT2D eigenvalue weighted by atomic mass is 9.85. The minimum atomic E-state index is -0.401. The molecule has 1 aromatic heterocycles. The van der Waals surface area contributed by atoms with Crippen LogP contribution >= 0.6 is 11.8 Å². The number of hydrogen-bond acceptors (Lipinski definition) is 8. The predicted octanol–water partition coefficient (Wildman–Crippen LogP) is 3.44. The van der Waals surface area contributed by atoms with E-state index in [-0.39, 0.29) is 5.78 Å². The van der Waals surface area contributed by atoms with Crippen LogP contribution in [0.2, 0.25) is 0 Å². The van der Waals surface area contributed by atoms with Crippen LogP contribution in [0.1, 0.15) is 37.8 Å². The van der Waals surface area contributed by atoms with Crippen molar-refractivity contribution in [3.63, 3.8) is 0 Å².